The van der Waals surface area contributed by atoms with Crippen LogP contribution in [-0.2, 0) is 16.6 Å². The number of amides is 1. The first kappa shape index (κ1) is 11.2. The second-order valence-electron chi connectivity index (χ2n) is 4.23. The maximum atomic E-state index is 11.1. The molecule has 1 aromatic heterocycles. The van der Waals surface area contributed by atoms with Gasteiger partial charge in [0.1, 0.15) is 5.01 Å². The minimum Gasteiger partial charge on any atom is -0.359 e. The maximum absolute atomic E-state index is 11.1. The third-order valence-corrected chi connectivity index (χ3v) is 2.76. The Kier molecular flexibility index (Phi) is 3.26. The first-order valence-electron chi connectivity index (χ1n) is 4.59. The molecular formula is C10H16N2OS. The van der Waals surface area contributed by atoms with Crippen molar-refractivity contribution >= 4 is 17.2 Å². The van der Waals surface area contributed by atoms with E-state index < -0.39 is 0 Å². The third kappa shape index (κ3) is 2.80. The van der Waals surface area contributed by atoms with Crippen molar-refractivity contribution in [3.05, 3.63) is 16.1 Å². The highest BCUT2D eigenvalue weighted by Gasteiger charge is 2.17. The van der Waals surface area contributed by atoms with E-state index in [9.17, 15) is 4.79 Å². The molecule has 1 rings (SSSR count). The molecule has 0 fully saturated rings. The lowest BCUT2D eigenvalue weighted by atomic mass is 9.93. The van der Waals surface area contributed by atoms with Gasteiger partial charge in [0.15, 0.2) is 0 Å². The van der Waals surface area contributed by atoms with Crippen LogP contribution in [0.2, 0.25) is 0 Å². The van der Waals surface area contributed by atoms with Gasteiger partial charge in [0, 0.05) is 17.8 Å². The number of hydrogen-bond donors (Lipinski definition) is 1. The van der Waals surface area contributed by atoms with E-state index in [1.807, 2.05) is 5.38 Å². The van der Waals surface area contributed by atoms with Crippen molar-refractivity contribution in [2.75, 3.05) is 7.05 Å². The van der Waals surface area contributed by atoms with Gasteiger partial charge in [-0.3, -0.25) is 4.79 Å². The Morgan fingerprint density at radius 2 is 2.21 bits per heavy atom. The van der Waals surface area contributed by atoms with Crippen LogP contribution in [0.4, 0.5) is 0 Å². The second-order valence-corrected chi connectivity index (χ2v) is 5.17. The molecule has 1 amide bonds. The van der Waals surface area contributed by atoms with E-state index in [2.05, 4.69) is 31.1 Å². The molecular weight excluding hydrogens is 196 g/mol. The average molecular weight is 212 g/mol. The van der Waals surface area contributed by atoms with Gasteiger partial charge in [-0.2, -0.15) is 0 Å². The quantitative estimate of drug-likeness (QED) is 0.811. The lowest BCUT2D eigenvalue weighted by molar-refractivity contribution is -0.119. The topological polar surface area (TPSA) is 42.0 Å². The monoisotopic (exact) mass is 212 g/mol. The minimum absolute atomic E-state index is 0.0137. The number of likely N-dealkylation sites (N-methyl/N-ethyl adjacent to an activating group) is 1. The van der Waals surface area contributed by atoms with E-state index in [0.717, 1.165) is 10.7 Å². The molecule has 0 aliphatic heterocycles. The summed E-state index contributed by atoms with van der Waals surface area (Å²) in [4.78, 5) is 15.5. The molecule has 0 aliphatic rings. The molecule has 0 radical (unpaired) electrons. The van der Waals surface area contributed by atoms with E-state index in [1.54, 1.807) is 18.4 Å². The number of nitrogens with one attached hydrogen (secondary N) is 1. The molecule has 1 N–H and O–H groups in total. The molecule has 0 aromatic carbocycles. The van der Waals surface area contributed by atoms with Crippen LogP contribution in [0.1, 0.15) is 31.5 Å². The molecule has 0 spiro atoms. The minimum atomic E-state index is 0.0137. The molecule has 78 valence electrons. The molecule has 3 nitrogen and oxygen atoms in total. The molecule has 14 heavy (non-hydrogen) atoms. The van der Waals surface area contributed by atoms with Crippen LogP contribution >= 0.6 is 11.3 Å². The van der Waals surface area contributed by atoms with Crippen LogP contribution in [-0.4, -0.2) is 17.9 Å². The van der Waals surface area contributed by atoms with Crippen LogP contribution in [0.3, 0.4) is 0 Å². The van der Waals surface area contributed by atoms with Gasteiger partial charge in [0.05, 0.1) is 12.1 Å². The Bertz CT molecular complexity index is 325. The van der Waals surface area contributed by atoms with Crippen molar-refractivity contribution in [1.29, 1.82) is 0 Å². The number of hydrogen-bond acceptors (Lipinski definition) is 3. The molecule has 0 aliphatic carbocycles. The van der Waals surface area contributed by atoms with Gasteiger partial charge < -0.3 is 5.32 Å². The molecule has 0 bridgehead atoms. The Morgan fingerprint density at radius 3 is 2.64 bits per heavy atom. The van der Waals surface area contributed by atoms with Crippen molar-refractivity contribution in [3.8, 4) is 0 Å². The van der Waals surface area contributed by atoms with E-state index in [0.29, 0.717) is 6.42 Å². The summed E-state index contributed by atoms with van der Waals surface area (Å²) in [6.07, 6.45) is 0.386. The Labute approximate surface area is 88.6 Å². The SMILES string of the molecule is CNC(=O)Cc1nc(C(C)(C)C)cs1. The zero-order chi connectivity index (χ0) is 10.8. The average Bonchev–Trinajstić information content (AvgIpc) is 2.51. The number of carbonyl (C=O) groups excluding carboxylic acids is 1. The Balaban J connectivity index is 2.74. The highest BCUT2D eigenvalue weighted by atomic mass is 32.1. The van der Waals surface area contributed by atoms with Gasteiger partial charge in [0.2, 0.25) is 5.91 Å². The summed E-state index contributed by atoms with van der Waals surface area (Å²) in [6.45, 7) is 6.35. The van der Waals surface area contributed by atoms with Crippen molar-refractivity contribution in [2.45, 2.75) is 32.6 Å². The molecule has 0 saturated heterocycles. The summed E-state index contributed by atoms with van der Waals surface area (Å²) < 4.78 is 0. The van der Waals surface area contributed by atoms with Gasteiger partial charge >= 0.3 is 0 Å². The first-order valence-corrected chi connectivity index (χ1v) is 5.47. The van der Waals surface area contributed by atoms with E-state index in [1.165, 1.54) is 0 Å². The van der Waals surface area contributed by atoms with Crippen molar-refractivity contribution in [2.24, 2.45) is 0 Å². The van der Waals surface area contributed by atoms with Crippen LogP contribution < -0.4 is 5.32 Å². The highest BCUT2D eigenvalue weighted by Crippen LogP contribution is 2.23. The zero-order valence-electron chi connectivity index (χ0n) is 9.05. The highest BCUT2D eigenvalue weighted by molar-refractivity contribution is 7.09. The van der Waals surface area contributed by atoms with Crippen molar-refractivity contribution in [3.63, 3.8) is 0 Å². The van der Waals surface area contributed by atoms with Gasteiger partial charge in [-0.25, -0.2) is 4.98 Å². The second kappa shape index (κ2) is 4.09. The summed E-state index contributed by atoms with van der Waals surface area (Å²) in [5.41, 5.74) is 1.12. The standard InChI is InChI=1S/C10H16N2OS/c1-10(2,3)7-6-14-9(12-7)5-8(13)11-4/h6H,5H2,1-4H3,(H,11,13). The summed E-state index contributed by atoms with van der Waals surface area (Å²) in [5, 5.41) is 5.50. The summed E-state index contributed by atoms with van der Waals surface area (Å²) in [5.74, 6) is 0.0137. The van der Waals surface area contributed by atoms with Crippen LogP contribution in [0.25, 0.3) is 0 Å². The molecule has 1 aromatic rings. The lowest BCUT2D eigenvalue weighted by Crippen LogP contribution is -2.20. The predicted octanol–water partition coefficient (Wildman–Crippen LogP) is 1.73. The predicted molar refractivity (Wildman–Crippen MR) is 58.6 cm³/mol. The largest absolute Gasteiger partial charge is 0.359 e. The zero-order valence-corrected chi connectivity index (χ0v) is 9.86. The number of thiazole rings is 1. The van der Waals surface area contributed by atoms with Crippen LogP contribution in [0, 0.1) is 0 Å². The molecule has 1 heterocycles. The molecule has 0 saturated carbocycles. The van der Waals surface area contributed by atoms with Crippen LogP contribution in [0.15, 0.2) is 5.38 Å². The van der Waals surface area contributed by atoms with Gasteiger partial charge in [0.25, 0.3) is 0 Å². The van der Waals surface area contributed by atoms with Gasteiger partial charge in [-0.05, 0) is 0 Å². The molecule has 0 atom stereocenters. The fourth-order valence-electron chi connectivity index (χ4n) is 0.962. The molecule has 4 heteroatoms. The van der Waals surface area contributed by atoms with Crippen molar-refractivity contribution in [1.82, 2.24) is 10.3 Å². The number of carbonyl (C=O) groups is 1. The van der Waals surface area contributed by atoms with E-state index in [-0.39, 0.29) is 11.3 Å². The van der Waals surface area contributed by atoms with E-state index >= 15 is 0 Å². The number of nitrogens with zero attached hydrogens (tertiary/aromatic N) is 1. The fraction of sp³-hybridized carbons (Fsp3) is 0.600. The lowest BCUT2D eigenvalue weighted by Gasteiger charge is -2.14. The van der Waals surface area contributed by atoms with Gasteiger partial charge in [-0.15, -0.1) is 11.3 Å². The van der Waals surface area contributed by atoms with E-state index in [4.69, 9.17) is 0 Å². The van der Waals surface area contributed by atoms with Gasteiger partial charge in [-0.1, -0.05) is 20.8 Å². The molecule has 0 unspecified atom stereocenters. The summed E-state index contributed by atoms with van der Waals surface area (Å²) >= 11 is 1.55. The third-order valence-electron chi connectivity index (χ3n) is 1.91. The first-order chi connectivity index (χ1) is 6.43. The fourth-order valence-corrected chi connectivity index (χ4v) is 1.98. The maximum Gasteiger partial charge on any atom is 0.226 e. The number of aromatic nitrogens is 1. The van der Waals surface area contributed by atoms with Crippen LogP contribution in [0.5, 0.6) is 0 Å². The Hall–Kier alpha value is -0.900. The smallest absolute Gasteiger partial charge is 0.226 e. The van der Waals surface area contributed by atoms with Crippen molar-refractivity contribution < 1.29 is 4.79 Å². The number of rotatable bonds is 2. The summed E-state index contributed by atoms with van der Waals surface area (Å²) in [6, 6.07) is 0. The Morgan fingerprint density at radius 1 is 1.57 bits per heavy atom. The normalized spacial score (nSPS) is 11.4. The summed E-state index contributed by atoms with van der Waals surface area (Å²) in [7, 11) is 1.64.